The molecule has 0 unspecified atom stereocenters. The van der Waals surface area contributed by atoms with Gasteiger partial charge < -0.3 is 10.1 Å². The average Bonchev–Trinajstić information content (AvgIpc) is 2.46. The Labute approximate surface area is 119 Å². The third-order valence-electron chi connectivity index (χ3n) is 2.83. The Bertz CT molecular complexity index is 474. The molecule has 19 heavy (non-hydrogen) atoms. The highest BCUT2D eigenvalue weighted by Crippen LogP contribution is 2.23. The molecule has 1 aromatic rings. The van der Waals surface area contributed by atoms with Crippen LogP contribution in [0.15, 0.2) is 53.6 Å². The smallest absolute Gasteiger partial charge is 0.118 e. The summed E-state index contributed by atoms with van der Waals surface area (Å²) in [4.78, 5) is 1.41. The summed E-state index contributed by atoms with van der Waals surface area (Å²) in [5.41, 5.74) is 1.23. The van der Waals surface area contributed by atoms with E-state index in [1.165, 1.54) is 10.5 Å². The molecule has 2 N–H and O–H groups in total. The van der Waals surface area contributed by atoms with Crippen molar-refractivity contribution in [2.24, 2.45) is 0 Å². The van der Waals surface area contributed by atoms with Crippen molar-refractivity contribution in [1.29, 1.82) is 0 Å². The van der Waals surface area contributed by atoms with Crippen molar-refractivity contribution < 1.29 is 10.1 Å². The Hall–Kier alpha value is -1.45. The van der Waals surface area contributed by atoms with Gasteiger partial charge in [-0.1, -0.05) is 24.3 Å². The van der Waals surface area contributed by atoms with Gasteiger partial charge in [0, 0.05) is 5.75 Å². The largest absolute Gasteiger partial charge is 0.497 e. The monoisotopic (exact) mass is 274 g/mol. The number of hydrogen-bond acceptors (Lipinski definition) is 2. The van der Waals surface area contributed by atoms with Gasteiger partial charge in [0.05, 0.1) is 19.9 Å². The summed E-state index contributed by atoms with van der Waals surface area (Å²) in [5, 5.41) is 2.22. The first-order valence-electron chi connectivity index (χ1n) is 6.51. The van der Waals surface area contributed by atoms with Crippen molar-refractivity contribution in [3.05, 3.63) is 59.2 Å². The summed E-state index contributed by atoms with van der Waals surface area (Å²) in [6.45, 7) is 1.12. The molecule has 0 aliphatic carbocycles. The molecular formula is C16H20NOS+. The fourth-order valence-corrected chi connectivity index (χ4v) is 2.75. The molecular weight excluding hydrogens is 254 g/mol. The summed E-state index contributed by atoms with van der Waals surface area (Å²) < 4.78 is 5.18. The topological polar surface area (TPSA) is 25.8 Å². The van der Waals surface area contributed by atoms with Crippen LogP contribution in [0, 0.1) is 0 Å². The summed E-state index contributed by atoms with van der Waals surface area (Å²) in [7, 11) is 1.69. The second-order valence-electron chi connectivity index (χ2n) is 4.27. The van der Waals surface area contributed by atoms with Crippen molar-refractivity contribution in [2.45, 2.75) is 6.42 Å². The van der Waals surface area contributed by atoms with E-state index in [0.717, 1.165) is 24.5 Å². The van der Waals surface area contributed by atoms with Gasteiger partial charge in [0.2, 0.25) is 0 Å². The standard InChI is InChI=1S/C16H19NOS/c1-18-15-8-6-14(7-9-15)13-16-5-3-2-4-10-17-11-12-19-16/h2-4,6-10,13,17H,5,11-12H2,1H3/p+1/b3-2-,10-4-,16-13-. The maximum Gasteiger partial charge on any atom is 0.118 e. The number of rotatable bonds is 2. The normalized spacial score (nSPS) is 21.8. The average molecular weight is 274 g/mol. The van der Waals surface area contributed by atoms with E-state index in [-0.39, 0.29) is 0 Å². The van der Waals surface area contributed by atoms with E-state index in [0.29, 0.717) is 0 Å². The molecule has 1 aliphatic rings. The lowest BCUT2D eigenvalue weighted by atomic mass is 10.2. The van der Waals surface area contributed by atoms with E-state index in [1.54, 1.807) is 7.11 Å². The molecule has 0 saturated heterocycles. The molecule has 0 atom stereocenters. The predicted molar refractivity (Wildman–Crippen MR) is 83.1 cm³/mol. The summed E-state index contributed by atoms with van der Waals surface area (Å²) in [6.07, 6.45) is 11.8. The van der Waals surface area contributed by atoms with Gasteiger partial charge in [0.1, 0.15) is 5.75 Å². The molecule has 0 fully saturated rings. The molecule has 3 heteroatoms. The second-order valence-corrected chi connectivity index (χ2v) is 5.50. The summed E-state index contributed by atoms with van der Waals surface area (Å²) in [6, 6.07) is 8.20. The number of hydrogen-bond donors (Lipinski definition) is 1. The highest BCUT2D eigenvalue weighted by molar-refractivity contribution is 8.03. The van der Waals surface area contributed by atoms with Crippen molar-refractivity contribution in [1.82, 2.24) is 0 Å². The number of allylic oxidation sites excluding steroid dienone is 4. The van der Waals surface area contributed by atoms with E-state index in [2.05, 4.69) is 48.0 Å². The van der Waals surface area contributed by atoms with E-state index in [1.807, 2.05) is 23.9 Å². The van der Waals surface area contributed by atoms with Crippen molar-refractivity contribution in [2.75, 3.05) is 19.4 Å². The molecule has 1 aliphatic heterocycles. The molecule has 0 spiro atoms. The first-order chi connectivity index (χ1) is 9.38. The Balaban J connectivity index is 2.09. The molecule has 1 aromatic carbocycles. The number of ether oxygens (including phenoxy) is 1. The SMILES string of the molecule is COc1ccc(/C=C2/C/C=C\C=C/[NH2+]CCS2)cc1. The van der Waals surface area contributed by atoms with Crippen LogP contribution in [0.5, 0.6) is 5.75 Å². The third kappa shape index (κ3) is 4.97. The van der Waals surface area contributed by atoms with Gasteiger partial charge >= 0.3 is 0 Å². The Morgan fingerprint density at radius 1 is 1.21 bits per heavy atom. The molecule has 0 bridgehead atoms. The number of quaternary nitrogens is 1. The molecule has 0 saturated carbocycles. The molecule has 2 nitrogen and oxygen atoms in total. The molecule has 0 aromatic heterocycles. The quantitative estimate of drug-likeness (QED) is 0.897. The van der Waals surface area contributed by atoms with Crippen LogP contribution in [0.2, 0.25) is 0 Å². The number of thioether (sulfide) groups is 1. The molecule has 2 rings (SSSR count). The van der Waals surface area contributed by atoms with Crippen LogP contribution in [0.25, 0.3) is 6.08 Å². The predicted octanol–water partition coefficient (Wildman–Crippen LogP) is 2.81. The third-order valence-corrected chi connectivity index (χ3v) is 3.92. The minimum Gasteiger partial charge on any atom is -0.497 e. The van der Waals surface area contributed by atoms with Crippen LogP contribution >= 0.6 is 11.8 Å². The van der Waals surface area contributed by atoms with Gasteiger partial charge in [-0.2, -0.15) is 0 Å². The maximum absolute atomic E-state index is 5.18. The lowest BCUT2D eigenvalue weighted by Crippen LogP contribution is -2.78. The van der Waals surface area contributed by atoms with Crippen LogP contribution < -0.4 is 10.1 Å². The Morgan fingerprint density at radius 2 is 2.05 bits per heavy atom. The van der Waals surface area contributed by atoms with E-state index in [4.69, 9.17) is 4.74 Å². The maximum atomic E-state index is 5.18. The van der Waals surface area contributed by atoms with Gasteiger partial charge in [0.25, 0.3) is 0 Å². The minimum absolute atomic E-state index is 0.903. The van der Waals surface area contributed by atoms with Crippen molar-refractivity contribution in [3.8, 4) is 5.75 Å². The fraction of sp³-hybridized carbons (Fsp3) is 0.250. The van der Waals surface area contributed by atoms with Gasteiger partial charge in [-0.15, -0.1) is 11.8 Å². The summed E-state index contributed by atoms with van der Waals surface area (Å²) >= 11 is 1.94. The summed E-state index contributed by atoms with van der Waals surface area (Å²) in [5.74, 6) is 2.04. The fourth-order valence-electron chi connectivity index (χ4n) is 1.81. The van der Waals surface area contributed by atoms with Crippen LogP contribution in [-0.4, -0.2) is 19.4 Å². The first kappa shape index (κ1) is 14.0. The highest BCUT2D eigenvalue weighted by atomic mass is 32.2. The number of benzene rings is 1. The first-order valence-corrected chi connectivity index (χ1v) is 7.49. The zero-order valence-electron chi connectivity index (χ0n) is 11.2. The lowest BCUT2D eigenvalue weighted by molar-refractivity contribution is -0.583. The van der Waals surface area contributed by atoms with Crippen LogP contribution in [0.1, 0.15) is 12.0 Å². The highest BCUT2D eigenvalue weighted by Gasteiger charge is 2.00. The van der Waals surface area contributed by atoms with E-state index >= 15 is 0 Å². The second kappa shape index (κ2) is 7.87. The van der Waals surface area contributed by atoms with Gasteiger partial charge in [-0.05, 0) is 41.2 Å². The Morgan fingerprint density at radius 3 is 2.84 bits per heavy atom. The van der Waals surface area contributed by atoms with E-state index in [9.17, 15) is 0 Å². The lowest BCUT2D eigenvalue weighted by Gasteiger charge is -2.06. The molecule has 0 radical (unpaired) electrons. The van der Waals surface area contributed by atoms with Crippen LogP contribution in [-0.2, 0) is 0 Å². The van der Waals surface area contributed by atoms with Gasteiger partial charge in [-0.25, -0.2) is 0 Å². The van der Waals surface area contributed by atoms with Crippen LogP contribution in [0.4, 0.5) is 0 Å². The van der Waals surface area contributed by atoms with Gasteiger partial charge in [-0.3, -0.25) is 0 Å². The molecule has 1 heterocycles. The zero-order valence-corrected chi connectivity index (χ0v) is 12.0. The molecule has 0 amide bonds. The van der Waals surface area contributed by atoms with Gasteiger partial charge in [0.15, 0.2) is 0 Å². The van der Waals surface area contributed by atoms with Crippen LogP contribution in [0.3, 0.4) is 0 Å². The molecule has 100 valence electrons. The van der Waals surface area contributed by atoms with Crippen molar-refractivity contribution >= 4 is 17.8 Å². The Kier molecular flexibility index (Phi) is 5.79. The zero-order chi connectivity index (χ0) is 13.3. The number of methoxy groups -OCH3 is 1. The minimum atomic E-state index is 0.903. The van der Waals surface area contributed by atoms with E-state index < -0.39 is 0 Å². The number of nitrogens with two attached hydrogens (primary N) is 1. The van der Waals surface area contributed by atoms with Crippen molar-refractivity contribution in [3.63, 3.8) is 0 Å².